The molecule has 1 aromatic heterocycles. The highest BCUT2D eigenvalue weighted by Gasteiger charge is 2.40. The second kappa shape index (κ2) is 6.24. The van der Waals surface area contributed by atoms with E-state index in [0.717, 1.165) is 22.1 Å². The molecule has 2 unspecified atom stereocenters. The third-order valence-electron chi connectivity index (χ3n) is 4.69. The maximum atomic E-state index is 12.4. The molecule has 4 nitrogen and oxygen atoms in total. The van der Waals surface area contributed by atoms with Gasteiger partial charge in [-0.1, -0.05) is 11.6 Å². The van der Waals surface area contributed by atoms with Gasteiger partial charge in [0.25, 0.3) is 0 Å². The van der Waals surface area contributed by atoms with Crippen LogP contribution in [-0.2, 0) is 11.3 Å². The third kappa shape index (κ3) is 3.42. The fourth-order valence-corrected chi connectivity index (χ4v) is 4.75. The average Bonchev–Trinajstić information content (AvgIpc) is 2.92. The second-order valence-electron chi connectivity index (χ2n) is 6.24. The van der Waals surface area contributed by atoms with Crippen molar-refractivity contribution in [1.82, 2.24) is 9.80 Å². The fourth-order valence-electron chi connectivity index (χ4n) is 3.61. The van der Waals surface area contributed by atoms with Gasteiger partial charge in [-0.3, -0.25) is 9.69 Å². The molecule has 0 aromatic carbocycles. The van der Waals surface area contributed by atoms with Crippen molar-refractivity contribution in [3.8, 4) is 0 Å². The molecule has 0 radical (unpaired) electrons. The summed E-state index contributed by atoms with van der Waals surface area (Å²) in [4.78, 5) is 17.8. The molecule has 2 N–H and O–H groups in total. The van der Waals surface area contributed by atoms with Gasteiger partial charge in [0.05, 0.1) is 17.4 Å². The van der Waals surface area contributed by atoms with Crippen molar-refractivity contribution in [3.63, 3.8) is 0 Å². The average molecular weight is 328 g/mol. The van der Waals surface area contributed by atoms with Crippen molar-refractivity contribution in [2.24, 2.45) is 5.73 Å². The van der Waals surface area contributed by atoms with Crippen LogP contribution in [0.3, 0.4) is 0 Å². The SMILES string of the molecule is CN(Cc1ccc(Cl)s1)C(=O)CN1C2CCC1CC(N)C2. The molecule has 1 aromatic rings. The number of hydrogen-bond donors (Lipinski definition) is 1. The summed E-state index contributed by atoms with van der Waals surface area (Å²) in [5, 5.41) is 0. The number of nitrogens with two attached hydrogens (primary N) is 1. The molecule has 6 heteroatoms. The zero-order valence-electron chi connectivity index (χ0n) is 12.3. The first-order valence-electron chi connectivity index (χ1n) is 7.52. The van der Waals surface area contributed by atoms with E-state index in [2.05, 4.69) is 4.90 Å². The number of hydrogen-bond acceptors (Lipinski definition) is 4. The smallest absolute Gasteiger partial charge is 0.236 e. The van der Waals surface area contributed by atoms with Gasteiger partial charge in [0.2, 0.25) is 5.91 Å². The van der Waals surface area contributed by atoms with Crippen molar-refractivity contribution in [2.75, 3.05) is 13.6 Å². The van der Waals surface area contributed by atoms with E-state index in [1.54, 1.807) is 4.90 Å². The van der Waals surface area contributed by atoms with E-state index in [4.69, 9.17) is 17.3 Å². The molecular weight excluding hydrogens is 306 g/mol. The molecule has 0 aliphatic carbocycles. The van der Waals surface area contributed by atoms with Crippen molar-refractivity contribution < 1.29 is 4.79 Å². The molecule has 3 rings (SSSR count). The zero-order valence-corrected chi connectivity index (χ0v) is 13.9. The minimum absolute atomic E-state index is 0.187. The number of likely N-dealkylation sites (N-methyl/N-ethyl adjacent to an activating group) is 1. The van der Waals surface area contributed by atoms with E-state index in [9.17, 15) is 4.79 Å². The van der Waals surface area contributed by atoms with Gasteiger partial charge >= 0.3 is 0 Å². The van der Waals surface area contributed by atoms with Crippen LogP contribution < -0.4 is 5.73 Å². The monoisotopic (exact) mass is 327 g/mol. The summed E-state index contributed by atoms with van der Waals surface area (Å²) in [5.74, 6) is 0.187. The molecule has 1 amide bonds. The van der Waals surface area contributed by atoms with E-state index in [0.29, 0.717) is 31.2 Å². The van der Waals surface area contributed by atoms with E-state index < -0.39 is 0 Å². The number of rotatable bonds is 4. The Morgan fingerprint density at radius 1 is 1.43 bits per heavy atom. The Kier molecular flexibility index (Phi) is 4.54. The van der Waals surface area contributed by atoms with Crippen LogP contribution in [-0.4, -0.2) is 47.4 Å². The Morgan fingerprint density at radius 3 is 2.67 bits per heavy atom. The molecule has 21 heavy (non-hydrogen) atoms. The largest absolute Gasteiger partial charge is 0.340 e. The lowest BCUT2D eigenvalue weighted by molar-refractivity contribution is -0.132. The second-order valence-corrected chi connectivity index (χ2v) is 8.04. The summed E-state index contributed by atoms with van der Waals surface area (Å²) in [5.41, 5.74) is 6.08. The Balaban J connectivity index is 1.56. The molecule has 2 saturated heterocycles. The molecule has 0 spiro atoms. The van der Waals surface area contributed by atoms with Gasteiger partial charge in [-0.05, 0) is 37.8 Å². The molecule has 0 saturated carbocycles. The maximum Gasteiger partial charge on any atom is 0.236 e. The number of piperidine rings is 1. The number of fused-ring (bicyclic) bond motifs is 2. The van der Waals surface area contributed by atoms with Gasteiger partial charge in [-0.25, -0.2) is 0 Å². The van der Waals surface area contributed by atoms with Gasteiger partial charge in [0.1, 0.15) is 0 Å². The van der Waals surface area contributed by atoms with Crippen LogP contribution >= 0.6 is 22.9 Å². The molecule has 2 aliphatic heterocycles. The van der Waals surface area contributed by atoms with Gasteiger partial charge < -0.3 is 10.6 Å². The normalized spacial score (nSPS) is 28.8. The number of thiophene rings is 1. The van der Waals surface area contributed by atoms with Crippen LogP contribution in [0.15, 0.2) is 12.1 Å². The van der Waals surface area contributed by atoms with E-state index in [-0.39, 0.29) is 5.91 Å². The highest BCUT2D eigenvalue weighted by atomic mass is 35.5. The van der Waals surface area contributed by atoms with E-state index in [1.807, 2.05) is 19.2 Å². The van der Waals surface area contributed by atoms with Crippen molar-refractivity contribution in [1.29, 1.82) is 0 Å². The molecule has 116 valence electrons. The van der Waals surface area contributed by atoms with Gasteiger partial charge in [-0.15, -0.1) is 11.3 Å². The summed E-state index contributed by atoms with van der Waals surface area (Å²) in [6.07, 6.45) is 4.45. The van der Waals surface area contributed by atoms with Gasteiger partial charge in [0.15, 0.2) is 0 Å². The fraction of sp³-hybridized carbons (Fsp3) is 0.667. The Hall–Kier alpha value is -0.620. The van der Waals surface area contributed by atoms with Crippen molar-refractivity contribution >= 4 is 28.8 Å². The topological polar surface area (TPSA) is 49.6 Å². The van der Waals surface area contributed by atoms with Crippen LogP contribution in [0, 0.1) is 0 Å². The molecule has 3 heterocycles. The highest BCUT2D eigenvalue weighted by Crippen LogP contribution is 2.34. The summed E-state index contributed by atoms with van der Waals surface area (Å²) in [7, 11) is 1.87. The molecule has 2 bridgehead atoms. The highest BCUT2D eigenvalue weighted by molar-refractivity contribution is 7.16. The number of amides is 1. The first-order chi connectivity index (χ1) is 10.0. The lowest BCUT2D eigenvalue weighted by Gasteiger charge is -2.37. The molecule has 2 aliphatic rings. The van der Waals surface area contributed by atoms with Crippen LogP contribution in [0.1, 0.15) is 30.6 Å². The molecule has 2 fully saturated rings. The predicted octanol–water partition coefficient (Wildman–Crippen LogP) is 2.31. The van der Waals surface area contributed by atoms with Crippen LogP contribution in [0.2, 0.25) is 4.34 Å². The van der Waals surface area contributed by atoms with E-state index in [1.165, 1.54) is 24.2 Å². The van der Waals surface area contributed by atoms with Crippen LogP contribution in [0.5, 0.6) is 0 Å². The number of nitrogens with zero attached hydrogens (tertiary/aromatic N) is 2. The number of halogens is 1. The predicted molar refractivity (Wildman–Crippen MR) is 86.5 cm³/mol. The summed E-state index contributed by atoms with van der Waals surface area (Å²) in [6, 6.07) is 5.20. The molecule has 2 atom stereocenters. The quantitative estimate of drug-likeness (QED) is 0.923. The minimum atomic E-state index is 0.187. The lowest BCUT2D eigenvalue weighted by Crippen LogP contribution is -2.50. The first kappa shape index (κ1) is 15.3. The standard InChI is InChI=1S/C15H22ClN3OS/c1-18(8-13-4-5-14(16)21-13)15(20)9-19-11-2-3-12(19)7-10(17)6-11/h4-5,10-12H,2-3,6-9,17H2,1H3. The first-order valence-corrected chi connectivity index (χ1v) is 8.72. The lowest BCUT2D eigenvalue weighted by atomic mass is 9.98. The van der Waals surface area contributed by atoms with Crippen molar-refractivity contribution in [2.45, 2.75) is 50.4 Å². The summed E-state index contributed by atoms with van der Waals surface area (Å²) in [6.45, 7) is 1.16. The maximum absolute atomic E-state index is 12.4. The Morgan fingerprint density at radius 2 is 2.10 bits per heavy atom. The molecular formula is C15H22ClN3OS. The van der Waals surface area contributed by atoms with Crippen LogP contribution in [0.4, 0.5) is 0 Å². The van der Waals surface area contributed by atoms with E-state index >= 15 is 0 Å². The minimum Gasteiger partial charge on any atom is -0.340 e. The summed E-state index contributed by atoms with van der Waals surface area (Å²) < 4.78 is 0.772. The van der Waals surface area contributed by atoms with Crippen LogP contribution in [0.25, 0.3) is 0 Å². The number of carbonyl (C=O) groups is 1. The van der Waals surface area contributed by atoms with Crippen molar-refractivity contribution in [3.05, 3.63) is 21.3 Å². The zero-order chi connectivity index (χ0) is 15.0. The third-order valence-corrected chi connectivity index (χ3v) is 5.90. The Bertz CT molecular complexity index is 507. The van der Waals surface area contributed by atoms with Gasteiger partial charge in [-0.2, -0.15) is 0 Å². The summed E-state index contributed by atoms with van der Waals surface area (Å²) >= 11 is 7.47. The Labute approximate surface area is 134 Å². The number of carbonyl (C=O) groups excluding carboxylic acids is 1. The van der Waals surface area contributed by atoms with Gasteiger partial charge in [0, 0.05) is 30.1 Å².